The van der Waals surface area contributed by atoms with E-state index in [1.54, 1.807) is 0 Å². The first kappa shape index (κ1) is 8.32. The van der Waals surface area contributed by atoms with Crippen molar-refractivity contribution in [1.29, 1.82) is 0 Å². The van der Waals surface area contributed by atoms with Crippen LogP contribution in [0.25, 0.3) is 0 Å². The van der Waals surface area contributed by atoms with Crippen molar-refractivity contribution >= 4 is 0 Å². The lowest BCUT2D eigenvalue weighted by molar-refractivity contribution is -0.117. The molecule has 0 amide bonds. The number of ether oxygens (including phenoxy) is 1. The molecule has 0 radical (unpaired) electrons. The van der Waals surface area contributed by atoms with Crippen molar-refractivity contribution in [2.24, 2.45) is 0 Å². The SMILES string of the molecule is OCC1OC(O)=CC(O)C1O. The van der Waals surface area contributed by atoms with Gasteiger partial charge in [-0.05, 0) is 0 Å². The Morgan fingerprint density at radius 3 is 2.64 bits per heavy atom. The third-order valence-corrected chi connectivity index (χ3v) is 1.50. The third-order valence-electron chi connectivity index (χ3n) is 1.50. The zero-order valence-electron chi connectivity index (χ0n) is 5.71. The fourth-order valence-corrected chi connectivity index (χ4v) is 0.874. The first-order valence-electron chi connectivity index (χ1n) is 3.19. The van der Waals surface area contributed by atoms with Gasteiger partial charge in [-0.15, -0.1) is 0 Å². The van der Waals surface area contributed by atoms with Crippen molar-refractivity contribution in [2.75, 3.05) is 6.61 Å². The molecule has 3 atom stereocenters. The molecule has 3 unspecified atom stereocenters. The van der Waals surface area contributed by atoms with E-state index >= 15 is 0 Å². The average molecular weight is 162 g/mol. The van der Waals surface area contributed by atoms with Gasteiger partial charge in [-0.1, -0.05) is 0 Å². The monoisotopic (exact) mass is 162 g/mol. The second-order valence-corrected chi connectivity index (χ2v) is 2.32. The summed E-state index contributed by atoms with van der Waals surface area (Å²) in [6.07, 6.45) is -2.34. The normalized spacial score (nSPS) is 37.7. The summed E-state index contributed by atoms with van der Waals surface area (Å²) in [5, 5.41) is 35.4. The molecule has 0 aliphatic carbocycles. The van der Waals surface area contributed by atoms with Crippen molar-refractivity contribution in [3.63, 3.8) is 0 Å². The molecule has 4 N–H and O–H groups in total. The van der Waals surface area contributed by atoms with Gasteiger partial charge in [-0.25, -0.2) is 0 Å². The van der Waals surface area contributed by atoms with E-state index in [-0.39, 0.29) is 0 Å². The van der Waals surface area contributed by atoms with Gasteiger partial charge >= 0.3 is 0 Å². The minimum absolute atomic E-state index is 0.448. The Bertz CT molecular complexity index is 166. The minimum atomic E-state index is -1.18. The second kappa shape index (κ2) is 3.08. The molecule has 1 aliphatic heterocycles. The summed E-state index contributed by atoms with van der Waals surface area (Å²) in [6.45, 7) is -0.448. The van der Waals surface area contributed by atoms with Gasteiger partial charge in [0.05, 0.1) is 6.61 Å². The average Bonchev–Trinajstić information content (AvgIpc) is 1.96. The lowest BCUT2D eigenvalue weighted by atomic mass is 10.1. The van der Waals surface area contributed by atoms with Gasteiger partial charge in [-0.3, -0.25) is 0 Å². The van der Waals surface area contributed by atoms with Crippen LogP contribution in [-0.2, 0) is 4.74 Å². The maximum atomic E-state index is 9.06. The minimum Gasteiger partial charge on any atom is -0.481 e. The highest BCUT2D eigenvalue weighted by Gasteiger charge is 2.31. The molecular formula is C6H10O5. The Labute approximate surface area is 63.2 Å². The summed E-state index contributed by atoms with van der Waals surface area (Å²) < 4.78 is 4.57. The van der Waals surface area contributed by atoms with Crippen molar-refractivity contribution in [1.82, 2.24) is 0 Å². The van der Waals surface area contributed by atoms with Crippen molar-refractivity contribution < 1.29 is 25.2 Å². The van der Waals surface area contributed by atoms with Gasteiger partial charge in [0.25, 0.3) is 5.95 Å². The van der Waals surface area contributed by atoms with E-state index in [1.165, 1.54) is 0 Å². The summed E-state index contributed by atoms with van der Waals surface area (Å²) in [5.74, 6) is -0.471. The lowest BCUT2D eigenvalue weighted by Crippen LogP contribution is -2.43. The summed E-state index contributed by atoms with van der Waals surface area (Å²) in [7, 11) is 0. The molecule has 5 heteroatoms. The van der Waals surface area contributed by atoms with Gasteiger partial charge in [0, 0.05) is 6.08 Å². The highest BCUT2D eigenvalue weighted by molar-refractivity contribution is 5.00. The predicted octanol–water partition coefficient (Wildman–Crippen LogP) is -1.50. The van der Waals surface area contributed by atoms with E-state index in [0.29, 0.717) is 0 Å². The zero-order valence-corrected chi connectivity index (χ0v) is 5.71. The van der Waals surface area contributed by atoms with Crippen LogP contribution >= 0.6 is 0 Å². The molecule has 0 saturated heterocycles. The zero-order chi connectivity index (χ0) is 8.43. The Morgan fingerprint density at radius 2 is 2.09 bits per heavy atom. The standard InChI is InChI=1S/C6H10O5/c7-2-4-6(10)3(8)1-5(9)11-4/h1,3-4,6-10H,2H2. The van der Waals surface area contributed by atoms with Crippen molar-refractivity contribution in [2.45, 2.75) is 18.3 Å². The fourth-order valence-electron chi connectivity index (χ4n) is 0.874. The molecule has 0 spiro atoms. The van der Waals surface area contributed by atoms with Crippen LogP contribution in [-0.4, -0.2) is 45.3 Å². The summed E-state index contributed by atoms with van der Waals surface area (Å²) in [4.78, 5) is 0. The number of hydrogen-bond donors (Lipinski definition) is 4. The molecule has 1 heterocycles. The largest absolute Gasteiger partial charge is 0.481 e. The molecule has 64 valence electrons. The Morgan fingerprint density at radius 1 is 1.45 bits per heavy atom. The topological polar surface area (TPSA) is 90.2 Å². The Hall–Kier alpha value is -0.780. The molecule has 1 rings (SSSR count). The van der Waals surface area contributed by atoms with E-state index in [1.807, 2.05) is 0 Å². The Balaban J connectivity index is 2.67. The molecule has 0 fully saturated rings. The molecule has 0 bridgehead atoms. The number of aliphatic hydroxyl groups is 4. The predicted molar refractivity (Wildman–Crippen MR) is 34.7 cm³/mol. The van der Waals surface area contributed by atoms with Crippen LogP contribution in [0, 0.1) is 0 Å². The molecule has 0 aromatic rings. The highest BCUT2D eigenvalue weighted by atomic mass is 16.6. The van der Waals surface area contributed by atoms with Crippen molar-refractivity contribution in [3.05, 3.63) is 12.0 Å². The van der Waals surface area contributed by atoms with Gasteiger partial charge in [-0.2, -0.15) is 0 Å². The molecular weight excluding hydrogens is 152 g/mol. The van der Waals surface area contributed by atoms with E-state index in [4.69, 9.17) is 20.4 Å². The first-order chi connectivity index (χ1) is 5.15. The van der Waals surface area contributed by atoms with Crippen LogP contribution < -0.4 is 0 Å². The van der Waals surface area contributed by atoms with Crippen LogP contribution in [0.3, 0.4) is 0 Å². The first-order valence-corrected chi connectivity index (χ1v) is 3.19. The van der Waals surface area contributed by atoms with E-state index < -0.39 is 30.9 Å². The number of aliphatic hydroxyl groups excluding tert-OH is 4. The van der Waals surface area contributed by atoms with Gasteiger partial charge in [0.2, 0.25) is 0 Å². The molecule has 11 heavy (non-hydrogen) atoms. The smallest absolute Gasteiger partial charge is 0.275 e. The summed E-state index contributed by atoms with van der Waals surface area (Å²) >= 11 is 0. The maximum Gasteiger partial charge on any atom is 0.275 e. The van der Waals surface area contributed by atoms with E-state index in [2.05, 4.69) is 4.74 Å². The van der Waals surface area contributed by atoms with E-state index in [9.17, 15) is 0 Å². The van der Waals surface area contributed by atoms with Crippen LogP contribution in [0.5, 0.6) is 0 Å². The quantitative estimate of drug-likeness (QED) is 0.376. The fraction of sp³-hybridized carbons (Fsp3) is 0.667. The third kappa shape index (κ3) is 1.62. The molecule has 0 aromatic carbocycles. The van der Waals surface area contributed by atoms with Crippen LogP contribution in [0.15, 0.2) is 12.0 Å². The highest BCUT2D eigenvalue weighted by Crippen LogP contribution is 2.15. The van der Waals surface area contributed by atoms with Gasteiger partial charge < -0.3 is 25.2 Å². The Kier molecular flexibility index (Phi) is 2.33. The van der Waals surface area contributed by atoms with Crippen LogP contribution in [0.1, 0.15) is 0 Å². The van der Waals surface area contributed by atoms with E-state index in [0.717, 1.165) is 6.08 Å². The number of hydrogen-bond acceptors (Lipinski definition) is 5. The molecule has 0 saturated carbocycles. The molecule has 5 nitrogen and oxygen atoms in total. The second-order valence-electron chi connectivity index (χ2n) is 2.32. The number of rotatable bonds is 1. The van der Waals surface area contributed by atoms with Crippen LogP contribution in [0.2, 0.25) is 0 Å². The maximum absolute atomic E-state index is 9.06. The molecule has 1 aliphatic rings. The van der Waals surface area contributed by atoms with Gasteiger partial charge in [0.15, 0.2) is 6.10 Å². The van der Waals surface area contributed by atoms with Crippen LogP contribution in [0.4, 0.5) is 0 Å². The summed E-state index contributed by atoms with van der Waals surface area (Å²) in [5.41, 5.74) is 0. The summed E-state index contributed by atoms with van der Waals surface area (Å²) in [6, 6.07) is 0. The van der Waals surface area contributed by atoms with Crippen molar-refractivity contribution in [3.8, 4) is 0 Å². The van der Waals surface area contributed by atoms with Gasteiger partial charge in [0.1, 0.15) is 12.2 Å². The lowest BCUT2D eigenvalue weighted by Gasteiger charge is -2.28. The molecule has 0 aromatic heterocycles.